The van der Waals surface area contributed by atoms with Crippen LogP contribution < -0.4 is 5.43 Å². The van der Waals surface area contributed by atoms with Gasteiger partial charge in [-0.05, 0) is 42.7 Å². The van der Waals surface area contributed by atoms with Gasteiger partial charge in [-0.15, -0.1) is 0 Å². The lowest BCUT2D eigenvalue weighted by Gasteiger charge is -2.04. The zero-order chi connectivity index (χ0) is 14.5. The van der Waals surface area contributed by atoms with Gasteiger partial charge in [0.2, 0.25) is 0 Å². The van der Waals surface area contributed by atoms with Crippen molar-refractivity contribution >= 4 is 12.1 Å². The number of phenolic OH excluding ortho intramolecular Hbond substituents is 1. The predicted octanol–water partition coefficient (Wildman–Crippen LogP) is 2.77. The first-order valence-electron chi connectivity index (χ1n) is 6.26. The quantitative estimate of drug-likeness (QED) is 0.664. The van der Waals surface area contributed by atoms with Gasteiger partial charge >= 0.3 is 0 Å². The summed E-state index contributed by atoms with van der Waals surface area (Å²) in [7, 11) is 0. The number of benzene rings is 2. The van der Waals surface area contributed by atoms with E-state index in [1.165, 1.54) is 0 Å². The molecule has 0 radical (unpaired) electrons. The van der Waals surface area contributed by atoms with Crippen molar-refractivity contribution in [2.24, 2.45) is 5.10 Å². The summed E-state index contributed by atoms with van der Waals surface area (Å²) in [5.41, 5.74) is 5.51. The Kier molecular flexibility index (Phi) is 4.15. The molecule has 0 saturated heterocycles. The molecule has 0 atom stereocenters. The summed E-state index contributed by atoms with van der Waals surface area (Å²) in [4.78, 5) is 11.9. The van der Waals surface area contributed by atoms with E-state index in [0.717, 1.165) is 16.7 Å². The summed E-state index contributed by atoms with van der Waals surface area (Å²) in [6, 6.07) is 12.6. The first kappa shape index (κ1) is 13.8. The van der Waals surface area contributed by atoms with Crippen molar-refractivity contribution in [3.8, 4) is 5.75 Å². The molecule has 0 heterocycles. The summed E-state index contributed by atoms with van der Waals surface area (Å²) in [6.07, 6.45) is 1.58. The third kappa shape index (κ3) is 3.23. The Bertz CT molecular complexity index is 663. The van der Waals surface area contributed by atoms with Crippen LogP contribution in [0, 0.1) is 13.8 Å². The summed E-state index contributed by atoms with van der Waals surface area (Å²) >= 11 is 0. The number of hydrazone groups is 1. The zero-order valence-electron chi connectivity index (χ0n) is 11.4. The molecule has 0 bridgehead atoms. The molecule has 1 amide bonds. The van der Waals surface area contributed by atoms with Gasteiger partial charge < -0.3 is 5.11 Å². The number of nitrogens with zero attached hydrogens (tertiary/aromatic N) is 1. The minimum atomic E-state index is -0.438. The first-order valence-corrected chi connectivity index (χ1v) is 6.26. The molecule has 4 nitrogen and oxygen atoms in total. The van der Waals surface area contributed by atoms with Crippen LogP contribution in [0.4, 0.5) is 0 Å². The van der Waals surface area contributed by atoms with Crippen LogP contribution in [0.5, 0.6) is 5.75 Å². The summed E-state index contributed by atoms with van der Waals surface area (Å²) < 4.78 is 0. The Balaban J connectivity index is 2.07. The number of nitrogens with one attached hydrogen (secondary N) is 1. The molecule has 0 aliphatic rings. The first-order chi connectivity index (χ1) is 9.58. The fourth-order valence-corrected chi connectivity index (χ4v) is 1.79. The Hall–Kier alpha value is -2.62. The number of carbonyl (C=O) groups excluding carboxylic acids is 1. The van der Waals surface area contributed by atoms with Crippen molar-refractivity contribution < 1.29 is 9.90 Å². The SMILES string of the molecule is Cc1ccc(C(=O)NN=Cc2ccccc2C)c(O)c1. The molecule has 2 N–H and O–H groups in total. The van der Waals surface area contributed by atoms with Crippen molar-refractivity contribution in [2.75, 3.05) is 0 Å². The van der Waals surface area contributed by atoms with Crippen LogP contribution in [0.15, 0.2) is 47.6 Å². The van der Waals surface area contributed by atoms with Crippen molar-refractivity contribution in [1.29, 1.82) is 0 Å². The Morgan fingerprint density at radius 3 is 2.65 bits per heavy atom. The summed E-state index contributed by atoms with van der Waals surface area (Å²) in [5, 5.41) is 13.6. The number of hydrogen-bond donors (Lipinski definition) is 2. The second kappa shape index (κ2) is 6.02. The van der Waals surface area contributed by atoms with E-state index in [0.29, 0.717) is 0 Å². The van der Waals surface area contributed by atoms with Gasteiger partial charge in [-0.25, -0.2) is 5.43 Å². The number of amides is 1. The molecule has 0 unspecified atom stereocenters. The van der Waals surface area contributed by atoms with Crippen LogP contribution in [0.1, 0.15) is 27.0 Å². The fourth-order valence-electron chi connectivity index (χ4n) is 1.79. The minimum absolute atomic E-state index is 0.0476. The molecule has 0 aromatic heterocycles. The van der Waals surface area contributed by atoms with Crippen LogP contribution in [0.25, 0.3) is 0 Å². The van der Waals surface area contributed by atoms with Gasteiger partial charge in [0.25, 0.3) is 5.91 Å². The predicted molar refractivity (Wildman–Crippen MR) is 79.1 cm³/mol. The molecule has 2 aromatic rings. The molecule has 4 heteroatoms. The third-order valence-corrected chi connectivity index (χ3v) is 2.96. The summed E-state index contributed by atoms with van der Waals surface area (Å²) in [6.45, 7) is 3.81. The topological polar surface area (TPSA) is 61.7 Å². The van der Waals surface area contributed by atoms with E-state index >= 15 is 0 Å². The van der Waals surface area contributed by atoms with Gasteiger partial charge in [0.05, 0.1) is 11.8 Å². The Morgan fingerprint density at radius 1 is 1.20 bits per heavy atom. The third-order valence-electron chi connectivity index (χ3n) is 2.96. The monoisotopic (exact) mass is 268 g/mol. The number of hydrogen-bond acceptors (Lipinski definition) is 3. The van der Waals surface area contributed by atoms with E-state index in [4.69, 9.17) is 0 Å². The van der Waals surface area contributed by atoms with Crippen LogP contribution in [-0.4, -0.2) is 17.2 Å². The Morgan fingerprint density at radius 2 is 1.95 bits per heavy atom. The number of phenols is 1. The lowest BCUT2D eigenvalue weighted by Crippen LogP contribution is -2.17. The average Bonchev–Trinajstić information content (AvgIpc) is 2.40. The van der Waals surface area contributed by atoms with Gasteiger partial charge in [-0.2, -0.15) is 5.10 Å². The summed E-state index contributed by atoms with van der Waals surface area (Å²) in [5.74, 6) is -0.485. The second-order valence-corrected chi connectivity index (χ2v) is 4.58. The Labute approximate surface area is 117 Å². The van der Waals surface area contributed by atoms with E-state index in [9.17, 15) is 9.90 Å². The van der Waals surface area contributed by atoms with E-state index in [1.807, 2.05) is 38.1 Å². The molecule has 2 rings (SSSR count). The normalized spacial score (nSPS) is 10.7. The molecular formula is C16H16N2O2. The molecule has 20 heavy (non-hydrogen) atoms. The van der Waals surface area contributed by atoms with Crippen molar-refractivity contribution in [3.05, 3.63) is 64.7 Å². The van der Waals surface area contributed by atoms with Crippen molar-refractivity contribution in [3.63, 3.8) is 0 Å². The lowest BCUT2D eigenvalue weighted by atomic mass is 10.1. The van der Waals surface area contributed by atoms with E-state index in [-0.39, 0.29) is 11.3 Å². The van der Waals surface area contributed by atoms with Gasteiger partial charge in [-0.1, -0.05) is 30.3 Å². The van der Waals surface area contributed by atoms with E-state index in [2.05, 4.69) is 10.5 Å². The van der Waals surface area contributed by atoms with Crippen LogP contribution in [0.3, 0.4) is 0 Å². The van der Waals surface area contributed by atoms with Crippen molar-refractivity contribution in [1.82, 2.24) is 5.43 Å². The van der Waals surface area contributed by atoms with E-state index < -0.39 is 5.91 Å². The highest BCUT2D eigenvalue weighted by Crippen LogP contribution is 2.18. The molecule has 0 fully saturated rings. The molecule has 102 valence electrons. The minimum Gasteiger partial charge on any atom is -0.507 e. The number of carbonyl (C=O) groups is 1. The van der Waals surface area contributed by atoms with Gasteiger partial charge in [0.1, 0.15) is 5.75 Å². The highest BCUT2D eigenvalue weighted by molar-refractivity contribution is 5.97. The molecule has 0 spiro atoms. The highest BCUT2D eigenvalue weighted by Gasteiger charge is 2.09. The largest absolute Gasteiger partial charge is 0.507 e. The maximum atomic E-state index is 11.9. The fraction of sp³-hybridized carbons (Fsp3) is 0.125. The maximum absolute atomic E-state index is 11.9. The number of aromatic hydroxyl groups is 1. The molecular weight excluding hydrogens is 252 g/mol. The smallest absolute Gasteiger partial charge is 0.275 e. The van der Waals surface area contributed by atoms with Gasteiger partial charge in [-0.3, -0.25) is 4.79 Å². The van der Waals surface area contributed by atoms with Crippen LogP contribution in [0.2, 0.25) is 0 Å². The van der Waals surface area contributed by atoms with Crippen LogP contribution >= 0.6 is 0 Å². The molecule has 2 aromatic carbocycles. The van der Waals surface area contributed by atoms with Crippen LogP contribution in [-0.2, 0) is 0 Å². The molecule has 0 aliphatic heterocycles. The standard InChI is InChI=1S/C16H16N2O2/c1-11-7-8-14(15(19)9-11)16(20)18-17-10-13-6-4-3-5-12(13)2/h3-10,19H,1-2H3,(H,18,20). The van der Waals surface area contributed by atoms with Gasteiger partial charge in [0, 0.05) is 0 Å². The molecule has 0 aliphatic carbocycles. The van der Waals surface area contributed by atoms with E-state index in [1.54, 1.807) is 24.4 Å². The van der Waals surface area contributed by atoms with Gasteiger partial charge in [0.15, 0.2) is 0 Å². The maximum Gasteiger partial charge on any atom is 0.275 e. The molecule has 0 saturated carbocycles. The zero-order valence-corrected chi connectivity index (χ0v) is 11.4. The average molecular weight is 268 g/mol. The number of rotatable bonds is 3. The second-order valence-electron chi connectivity index (χ2n) is 4.58. The number of aryl methyl sites for hydroxylation is 2. The van der Waals surface area contributed by atoms with Crippen molar-refractivity contribution in [2.45, 2.75) is 13.8 Å². The lowest BCUT2D eigenvalue weighted by molar-refractivity contribution is 0.0952. The highest BCUT2D eigenvalue weighted by atomic mass is 16.3.